The van der Waals surface area contributed by atoms with E-state index in [0.29, 0.717) is 18.4 Å². The van der Waals surface area contributed by atoms with Gasteiger partial charge in [-0.05, 0) is 30.5 Å². The summed E-state index contributed by atoms with van der Waals surface area (Å²) in [4.78, 5) is 0. The molecule has 0 saturated carbocycles. The molecule has 0 aliphatic heterocycles. The van der Waals surface area contributed by atoms with E-state index in [0.717, 1.165) is 5.56 Å². The van der Waals surface area contributed by atoms with Gasteiger partial charge in [0.2, 0.25) is 0 Å². The first kappa shape index (κ1) is 8.73. The Morgan fingerprint density at radius 1 is 1.50 bits per heavy atom. The van der Waals surface area contributed by atoms with Crippen LogP contribution in [0.1, 0.15) is 17.5 Å². The van der Waals surface area contributed by atoms with E-state index in [4.69, 9.17) is 5.26 Å². The van der Waals surface area contributed by atoms with Crippen LogP contribution in [0.4, 0.5) is 4.39 Å². The maximum atomic E-state index is 13.1. The molecule has 0 aliphatic rings. The van der Waals surface area contributed by atoms with Gasteiger partial charge in [0, 0.05) is 6.42 Å². The smallest absolute Gasteiger partial charge is 0.126 e. The van der Waals surface area contributed by atoms with Crippen molar-refractivity contribution in [3.05, 3.63) is 35.1 Å². The summed E-state index contributed by atoms with van der Waals surface area (Å²) >= 11 is 0. The second-order valence-electron chi connectivity index (χ2n) is 2.75. The summed E-state index contributed by atoms with van der Waals surface area (Å²) in [6.45, 7) is 1.84. The average molecular weight is 163 g/mol. The van der Waals surface area contributed by atoms with Gasteiger partial charge in [0.25, 0.3) is 0 Å². The summed E-state index contributed by atoms with van der Waals surface area (Å²) in [6.07, 6.45) is 0.878. The summed E-state index contributed by atoms with van der Waals surface area (Å²) in [5.74, 6) is -0.203. The lowest BCUT2D eigenvalue weighted by Crippen LogP contribution is -1.90. The lowest BCUT2D eigenvalue weighted by Gasteiger charge is -2.00. The molecule has 1 aromatic rings. The maximum absolute atomic E-state index is 13.1. The van der Waals surface area contributed by atoms with E-state index in [-0.39, 0.29) is 5.82 Å². The third kappa shape index (κ3) is 2.06. The van der Waals surface area contributed by atoms with Crippen LogP contribution in [0.5, 0.6) is 0 Å². The van der Waals surface area contributed by atoms with Gasteiger partial charge in [0.15, 0.2) is 0 Å². The fraction of sp³-hybridized carbons (Fsp3) is 0.300. The largest absolute Gasteiger partial charge is 0.207 e. The molecule has 0 radical (unpaired) electrons. The Hall–Kier alpha value is -1.36. The third-order valence-electron chi connectivity index (χ3n) is 1.71. The van der Waals surface area contributed by atoms with Gasteiger partial charge in [-0.25, -0.2) is 4.39 Å². The Morgan fingerprint density at radius 3 is 2.83 bits per heavy atom. The van der Waals surface area contributed by atoms with Crippen molar-refractivity contribution in [2.75, 3.05) is 0 Å². The molecular formula is C10H10FN. The predicted octanol–water partition coefficient (Wildman–Crippen LogP) is 2.59. The lowest BCUT2D eigenvalue weighted by atomic mass is 10.1. The molecule has 1 aromatic carbocycles. The van der Waals surface area contributed by atoms with Gasteiger partial charge >= 0.3 is 0 Å². The Morgan fingerprint density at radius 2 is 2.25 bits per heavy atom. The van der Waals surface area contributed by atoms with Crippen molar-refractivity contribution in [3.8, 4) is 6.07 Å². The Bertz CT molecular complexity index is 312. The first-order valence-electron chi connectivity index (χ1n) is 3.86. The number of rotatable bonds is 2. The lowest BCUT2D eigenvalue weighted by molar-refractivity contribution is 0.608. The van der Waals surface area contributed by atoms with Crippen LogP contribution in [-0.4, -0.2) is 0 Å². The van der Waals surface area contributed by atoms with E-state index < -0.39 is 0 Å². The number of halogens is 1. The van der Waals surface area contributed by atoms with Crippen molar-refractivity contribution in [1.29, 1.82) is 5.26 Å². The van der Waals surface area contributed by atoms with Crippen LogP contribution in [0.2, 0.25) is 0 Å². The number of benzene rings is 1. The fourth-order valence-electron chi connectivity index (χ4n) is 1.05. The van der Waals surface area contributed by atoms with E-state index in [1.807, 2.05) is 19.1 Å². The number of hydrogen-bond acceptors (Lipinski definition) is 1. The standard InChI is InChI=1S/C10H10FN/c1-8-4-5-9(3-2-6-12)10(11)7-8/h4-5,7H,2-3H2,1H3. The van der Waals surface area contributed by atoms with Crippen LogP contribution < -0.4 is 0 Å². The number of nitrogens with zero attached hydrogens (tertiary/aromatic N) is 1. The summed E-state index contributed by atoms with van der Waals surface area (Å²) in [5, 5.41) is 8.30. The molecule has 0 heterocycles. The van der Waals surface area contributed by atoms with Crippen LogP contribution in [0.3, 0.4) is 0 Å². The van der Waals surface area contributed by atoms with Crippen LogP contribution in [-0.2, 0) is 6.42 Å². The highest BCUT2D eigenvalue weighted by molar-refractivity contribution is 5.23. The normalized spacial score (nSPS) is 9.42. The number of nitriles is 1. The first-order valence-corrected chi connectivity index (χ1v) is 3.86. The minimum Gasteiger partial charge on any atom is -0.207 e. The van der Waals surface area contributed by atoms with Gasteiger partial charge in [-0.15, -0.1) is 0 Å². The Labute approximate surface area is 71.4 Å². The second-order valence-corrected chi connectivity index (χ2v) is 2.75. The van der Waals surface area contributed by atoms with Gasteiger partial charge in [0.05, 0.1) is 6.07 Å². The molecule has 0 atom stereocenters. The third-order valence-corrected chi connectivity index (χ3v) is 1.71. The van der Waals surface area contributed by atoms with Crippen molar-refractivity contribution in [2.24, 2.45) is 0 Å². The SMILES string of the molecule is Cc1ccc(CCC#N)c(F)c1. The molecule has 0 fully saturated rings. The van der Waals surface area contributed by atoms with Gasteiger partial charge < -0.3 is 0 Å². The predicted molar refractivity (Wildman–Crippen MR) is 45.1 cm³/mol. The molecule has 0 aromatic heterocycles. The summed E-state index contributed by atoms with van der Waals surface area (Å²) < 4.78 is 13.1. The van der Waals surface area contributed by atoms with Crippen LogP contribution in [0, 0.1) is 24.1 Å². The van der Waals surface area contributed by atoms with E-state index in [9.17, 15) is 4.39 Å². The Kier molecular flexibility index (Phi) is 2.82. The summed E-state index contributed by atoms with van der Waals surface area (Å²) in [7, 11) is 0. The maximum Gasteiger partial charge on any atom is 0.126 e. The van der Waals surface area contributed by atoms with Crippen LogP contribution >= 0.6 is 0 Å². The quantitative estimate of drug-likeness (QED) is 0.657. The highest BCUT2D eigenvalue weighted by Crippen LogP contribution is 2.11. The first-order chi connectivity index (χ1) is 5.74. The molecule has 0 amide bonds. The molecule has 1 rings (SSSR count). The van der Waals surface area contributed by atoms with Gasteiger partial charge in [-0.2, -0.15) is 5.26 Å². The van der Waals surface area contributed by atoms with Crippen molar-refractivity contribution >= 4 is 0 Å². The zero-order chi connectivity index (χ0) is 8.97. The molecule has 0 bridgehead atoms. The summed E-state index contributed by atoms with van der Waals surface area (Å²) in [6, 6.07) is 7.08. The second kappa shape index (κ2) is 3.87. The molecule has 0 unspecified atom stereocenters. The Balaban J connectivity index is 2.81. The highest BCUT2D eigenvalue weighted by atomic mass is 19.1. The molecule has 0 N–H and O–H groups in total. The zero-order valence-electron chi connectivity index (χ0n) is 6.97. The van der Waals surface area contributed by atoms with Crippen molar-refractivity contribution in [2.45, 2.75) is 19.8 Å². The molecule has 0 saturated heterocycles. The fourth-order valence-corrected chi connectivity index (χ4v) is 1.05. The minimum absolute atomic E-state index is 0.203. The average Bonchev–Trinajstić information content (AvgIpc) is 2.03. The van der Waals surface area contributed by atoms with Crippen molar-refractivity contribution < 1.29 is 4.39 Å². The van der Waals surface area contributed by atoms with Gasteiger partial charge in [-0.1, -0.05) is 12.1 Å². The van der Waals surface area contributed by atoms with E-state index in [2.05, 4.69) is 0 Å². The van der Waals surface area contributed by atoms with Crippen molar-refractivity contribution in [1.82, 2.24) is 0 Å². The van der Waals surface area contributed by atoms with Crippen LogP contribution in [0.15, 0.2) is 18.2 Å². The van der Waals surface area contributed by atoms with E-state index in [1.54, 1.807) is 6.07 Å². The molecule has 12 heavy (non-hydrogen) atoms. The van der Waals surface area contributed by atoms with Gasteiger partial charge in [-0.3, -0.25) is 0 Å². The monoisotopic (exact) mass is 163 g/mol. The van der Waals surface area contributed by atoms with E-state index in [1.165, 1.54) is 6.07 Å². The molecule has 0 aliphatic carbocycles. The van der Waals surface area contributed by atoms with E-state index >= 15 is 0 Å². The molecule has 0 spiro atoms. The molecular weight excluding hydrogens is 153 g/mol. The highest BCUT2D eigenvalue weighted by Gasteiger charge is 2.00. The molecule has 2 heteroatoms. The number of aryl methyl sites for hydroxylation is 2. The number of hydrogen-bond donors (Lipinski definition) is 0. The van der Waals surface area contributed by atoms with Gasteiger partial charge in [0.1, 0.15) is 5.82 Å². The zero-order valence-corrected chi connectivity index (χ0v) is 6.97. The van der Waals surface area contributed by atoms with Crippen LogP contribution in [0.25, 0.3) is 0 Å². The molecule has 1 nitrogen and oxygen atoms in total. The van der Waals surface area contributed by atoms with Crippen molar-refractivity contribution in [3.63, 3.8) is 0 Å². The molecule has 62 valence electrons. The minimum atomic E-state index is -0.203. The summed E-state index contributed by atoms with van der Waals surface area (Å²) in [5.41, 5.74) is 1.54. The topological polar surface area (TPSA) is 23.8 Å².